The van der Waals surface area contributed by atoms with E-state index in [4.69, 9.17) is 4.74 Å². The zero-order chi connectivity index (χ0) is 23.6. The smallest absolute Gasteiger partial charge is 0.378 e. The van der Waals surface area contributed by atoms with Crippen LogP contribution in [0.4, 0.5) is 30.2 Å². The van der Waals surface area contributed by atoms with Crippen LogP contribution in [0.2, 0.25) is 0 Å². The maximum atomic E-state index is 13.3. The number of amides is 1. The Morgan fingerprint density at radius 1 is 1.09 bits per heavy atom. The summed E-state index contributed by atoms with van der Waals surface area (Å²) < 4.78 is 46.4. The second kappa shape index (κ2) is 8.90. The Bertz CT molecular complexity index is 1170. The molecule has 0 radical (unpaired) electrons. The van der Waals surface area contributed by atoms with Crippen molar-refractivity contribution in [2.45, 2.75) is 6.18 Å². The topological polar surface area (TPSA) is 103 Å². The van der Waals surface area contributed by atoms with E-state index in [9.17, 15) is 28.1 Å². The molecule has 0 unspecified atom stereocenters. The van der Waals surface area contributed by atoms with Crippen LogP contribution in [-0.4, -0.2) is 46.9 Å². The lowest BCUT2D eigenvalue weighted by molar-refractivity contribution is -0.384. The van der Waals surface area contributed by atoms with Gasteiger partial charge in [0, 0.05) is 31.4 Å². The summed E-state index contributed by atoms with van der Waals surface area (Å²) in [5.74, 6) is -0.690. The number of hydrogen-bond donors (Lipinski definition) is 1. The van der Waals surface area contributed by atoms with Crippen molar-refractivity contribution in [2.24, 2.45) is 0 Å². The fourth-order valence-electron chi connectivity index (χ4n) is 3.39. The number of anilines is 2. The fourth-order valence-corrected chi connectivity index (χ4v) is 3.39. The first-order valence-corrected chi connectivity index (χ1v) is 9.88. The van der Waals surface area contributed by atoms with Crippen molar-refractivity contribution in [1.29, 1.82) is 0 Å². The van der Waals surface area contributed by atoms with Crippen molar-refractivity contribution < 1.29 is 27.6 Å². The number of carbonyl (C=O) groups excluding carboxylic acids is 1. The van der Waals surface area contributed by atoms with E-state index in [-0.39, 0.29) is 17.1 Å². The summed E-state index contributed by atoms with van der Waals surface area (Å²) >= 11 is 0. The second-order valence-electron chi connectivity index (χ2n) is 7.20. The first-order valence-electron chi connectivity index (χ1n) is 9.88. The minimum Gasteiger partial charge on any atom is -0.378 e. The highest BCUT2D eigenvalue weighted by Crippen LogP contribution is 2.36. The van der Waals surface area contributed by atoms with Crippen LogP contribution in [0.5, 0.6) is 0 Å². The quantitative estimate of drug-likeness (QED) is 0.457. The van der Waals surface area contributed by atoms with Crippen LogP contribution >= 0.6 is 0 Å². The lowest BCUT2D eigenvalue weighted by Crippen LogP contribution is -2.36. The van der Waals surface area contributed by atoms with E-state index in [0.29, 0.717) is 37.7 Å². The van der Waals surface area contributed by atoms with Gasteiger partial charge in [-0.15, -0.1) is 0 Å². The number of hydrogen-bond acceptors (Lipinski definition) is 6. The summed E-state index contributed by atoms with van der Waals surface area (Å²) in [4.78, 5) is 24.9. The average molecular weight is 461 g/mol. The fraction of sp³-hybridized carbons (Fsp3) is 0.238. The zero-order valence-corrected chi connectivity index (χ0v) is 17.1. The van der Waals surface area contributed by atoms with Crippen LogP contribution in [0.25, 0.3) is 5.69 Å². The van der Waals surface area contributed by atoms with Gasteiger partial charge in [0.25, 0.3) is 11.6 Å². The highest BCUT2D eigenvalue weighted by molar-refractivity contribution is 6.04. The number of ether oxygens (including phenoxy) is 1. The Kier molecular flexibility index (Phi) is 6.01. The molecular weight excluding hydrogens is 443 g/mol. The third-order valence-electron chi connectivity index (χ3n) is 5.07. The summed E-state index contributed by atoms with van der Waals surface area (Å²) in [5.41, 5.74) is -0.0576. The lowest BCUT2D eigenvalue weighted by atomic mass is 10.1. The van der Waals surface area contributed by atoms with Gasteiger partial charge in [-0.25, -0.2) is 4.68 Å². The van der Waals surface area contributed by atoms with E-state index < -0.39 is 22.6 Å². The van der Waals surface area contributed by atoms with Crippen molar-refractivity contribution in [2.75, 3.05) is 36.5 Å². The molecule has 1 aromatic heterocycles. The monoisotopic (exact) mass is 461 g/mol. The standard InChI is InChI=1S/C21H18F3N5O4/c22-21(23,24)14-1-6-19(27-9-11-33-12-10-27)18(13-14)25-20(30)17-7-8-28(26-17)15-2-4-16(5-3-15)29(31)32/h1-8,13H,9-12H2,(H,25,30). The minimum absolute atomic E-state index is 0.0154. The number of aromatic nitrogens is 2. The second-order valence-corrected chi connectivity index (χ2v) is 7.20. The Morgan fingerprint density at radius 2 is 1.79 bits per heavy atom. The van der Waals surface area contributed by atoms with Crippen LogP contribution in [0.3, 0.4) is 0 Å². The van der Waals surface area contributed by atoms with Gasteiger partial charge in [-0.3, -0.25) is 14.9 Å². The number of nitrogens with zero attached hydrogens (tertiary/aromatic N) is 4. The number of carbonyl (C=O) groups is 1. The van der Waals surface area contributed by atoms with Gasteiger partial charge in [0.15, 0.2) is 5.69 Å². The van der Waals surface area contributed by atoms with Gasteiger partial charge in [0.05, 0.1) is 40.8 Å². The number of alkyl halides is 3. The van der Waals surface area contributed by atoms with E-state index in [1.165, 1.54) is 47.3 Å². The molecule has 4 rings (SSSR count). The molecule has 0 spiro atoms. The first-order chi connectivity index (χ1) is 15.7. The molecule has 0 saturated carbocycles. The van der Waals surface area contributed by atoms with E-state index in [1.54, 1.807) is 0 Å². The van der Waals surface area contributed by atoms with Gasteiger partial charge >= 0.3 is 6.18 Å². The molecular formula is C21H18F3N5O4. The number of morpholine rings is 1. The van der Waals surface area contributed by atoms with E-state index in [1.807, 2.05) is 4.90 Å². The lowest BCUT2D eigenvalue weighted by Gasteiger charge is -2.31. The number of rotatable bonds is 5. The van der Waals surface area contributed by atoms with Crippen LogP contribution < -0.4 is 10.2 Å². The summed E-state index contributed by atoms with van der Waals surface area (Å²) in [6.07, 6.45) is -3.09. The van der Waals surface area contributed by atoms with Gasteiger partial charge in [-0.2, -0.15) is 18.3 Å². The third-order valence-corrected chi connectivity index (χ3v) is 5.07. The van der Waals surface area contributed by atoms with Crippen molar-refractivity contribution in [3.63, 3.8) is 0 Å². The molecule has 1 N–H and O–H groups in total. The molecule has 1 saturated heterocycles. The van der Waals surface area contributed by atoms with Crippen LogP contribution in [0.1, 0.15) is 16.1 Å². The molecule has 2 heterocycles. The summed E-state index contributed by atoms with van der Waals surface area (Å²) in [6, 6.07) is 10.1. The molecule has 1 amide bonds. The number of nitrogens with one attached hydrogen (secondary N) is 1. The Hall–Kier alpha value is -3.93. The third kappa shape index (κ3) is 4.95. The Labute approximate surface area is 185 Å². The van der Waals surface area contributed by atoms with Crippen LogP contribution in [0, 0.1) is 10.1 Å². The predicted molar refractivity (Wildman–Crippen MR) is 113 cm³/mol. The highest BCUT2D eigenvalue weighted by Gasteiger charge is 2.32. The van der Waals surface area contributed by atoms with Crippen molar-refractivity contribution in [1.82, 2.24) is 9.78 Å². The van der Waals surface area contributed by atoms with Gasteiger partial charge in [-0.1, -0.05) is 0 Å². The summed E-state index contributed by atoms with van der Waals surface area (Å²) in [5, 5.41) is 17.5. The molecule has 1 aliphatic rings. The normalized spacial score (nSPS) is 14.2. The van der Waals surface area contributed by atoms with Crippen LogP contribution in [-0.2, 0) is 10.9 Å². The molecule has 0 bridgehead atoms. The maximum Gasteiger partial charge on any atom is 0.416 e. The van der Waals surface area contributed by atoms with Gasteiger partial charge < -0.3 is 15.0 Å². The first kappa shape index (κ1) is 22.3. The van der Waals surface area contributed by atoms with E-state index >= 15 is 0 Å². The number of non-ortho nitro benzene ring substituents is 1. The summed E-state index contributed by atoms with van der Waals surface area (Å²) in [7, 11) is 0. The molecule has 2 aromatic carbocycles. The maximum absolute atomic E-state index is 13.3. The number of halogens is 3. The number of nitro groups is 1. The summed E-state index contributed by atoms with van der Waals surface area (Å²) in [6.45, 7) is 1.80. The SMILES string of the molecule is O=C(Nc1cc(C(F)(F)F)ccc1N1CCOCC1)c1ccn(-c2ccc([N+](=O)[O-])cc2)n1. The van der Waals surface area contributed by atoms with E-state index in [0.717, 1.165) is 12.1 Å². The number of benzene rings is 2. The largest absolute Gasteiger partial charge is 0.416 e. The van der Waals surface area contributed by atoms with Gasteiger partial charge in [0.1, 0.15) is 0 Å². The van der Waals surface area contributed by atoms with Gasteiger partial charge in [-0.05, 0) is 36.4 Å². The van der Waals surface area contributed by atoms with Crippen molar-refractivity contribution in [3.05, 3.63) is 76.1 Å². The highest BCUT2D eigenvalue weighted by atomic mass is 19.4. The Morgan fingerprint density at radius 3 is 2.42 bits per heavy atom. The Balaban J connectivity index is 1.59. The predicted octanol–water partition coefficient (Wildman–Crippen LogP) is 3.89. The van der Waals surface area contributed by atoms with Gasteiger partial charge in [0.2, 0.25) is 0 Å². The molecule has 1 fully saturated rings. The number of nitro benzene ring substituents is 1. The van der Waals surface area contributed by atoms with E-state index in [2.05, 4.69) is 10.4 Å². The van der Waals surface area contributed by atoms with Crippen molar-refractivity contribution >= 4 is 23.0 Å². The van der Waals surface area contributed by atoms with Crippen LogP contribution in [0.15, 0.2) is 54.7 Å². The van der Waals surface area contributed by atoms with Crippen molar-refractivity contribution in [3.8, 4) is 5.69 Å². The molecule has 3 aromatic rings. The zero-order valence-electron chi connectivity index (χ0n) is 17.1. The average Bonchev–Trinajstić information content (AvgIpc) is 3.30. The molecule has 0 aliphatic carbocycles. The molecule has 33 heavy (non-hydrogen) atoms. The molecule has 9 nitrogen and oxygen atoms in total. The molecule has 172 valence electrons. The minimum atomic E-state index is -4.57. The molecule has 0 atom stereocenters. The molecule has 12 heteroatoms. The molecule has 1 aliphatic heterocycles.